The van der Waals surface area contributed by atoms with E-state index in [4.69, 9.17) is 5.73 Å². The number of nitrogens with one attached hydrogen (secondary N) is 1. The molecule has 0 unspecified atom stereocenters. The van der Waals surface area contributed by atoms with Crippen LogP contribution in [0.4, 0.5) is 22.7 Å². The predicted molar refractivity (Wildman–Crippen MR) is 169 cm³/mol. The van der Waals surface area contributed by atoms with E-state index in [9.17, 15) is 4.79 Å². The molecule has 0 aliphatic carbocycles. The zero-order valence-corrected chi connectivity index (χ0v) is 24.4. The Bertz CT molecular complexity index is 1420. The first-order valence-corrected chi connectivity index (χ1v) is 13.3. The number of benzene rings is 3. The molecule has 1 saturated heterocycles. The summed E-state index contributed by atoms with van der Waals surface area (Å²) in [5.41, 5.74) is 13.0. The fourth-order valence-corrected chi connectivity index (χ4v) is 5.13. The average Bonchev–Trinajstić information content (AvgIpc) is 3.47. The van der Waals surface area contributed by atoms with Crippen molar-refractivity contribution >= 4 is 70.6 Å². The van der Waals surface area contributed by atoms with Gasteiger partial charge in [0.1, 0.15) is 5.84 Å². The normalized spacial score (nSPS) is 13.3. The number of hydrogen-bond donors (Lipinski definition) is 2. The molecule has 0 saturated carbocycles. The third-order valence-electron chi connectivity index (χ3n) is 6.84. The first kappa shape index (κ1) is 30.0. The first-order valence-electron chi connectivity index (χ1n) is 12.4. The van der Waals surface area contributed by atoms with Crippen LogP contribution < -0.4 is 16.0 Å². The minimum Gasteiger partial charge on any atom is -0.383 e. The van der Waals surface area contributed by atoms with Crippen LogP contribution in [0.15, 0.2) is 89.2 Å². The van der Waals surface area contributed by atoms with E-state index in [1.54, 1.807) is 11.3 Å². The van der Waals surface area contributed by atoms with Crippen molar-refractivity contribution in [2.75, 3.05) is 36.4 Å². The molecule has 0 spiro atoms. The Balaban J connectivity index is 0.00000210. The van der Waals surface area contributed by atoms with Gasteiger partial charge in [-0.15, -0.1) is 36.2 Å². The average molecular weight is 583 g/mol. The van der Waals surface area contributed by atoms with Crippen LogP contribution in [0.3, 0.4) is 0 Å². The molecule has 1 aliphatic rings. The summed E-state index contributed by atoms with van der Waals surface area (Å²) in [6, 6.07) is 26.0. The van der Waals surface area contributed by atoms with Crippen LogP contribution in [0, 0.1) is 13.8 Å². The van der Waals surface area contributed by atoms with E-state index in [2.05, 4.69) is 53.3 Å². The standard InChI is InChI=1S/C30H31N5OS.2ClH/c1-21-7-5-10-26(22(21)2)33-27-9-4-3-8-25(27)30(36)35-18-16-34(17-19-35)24-14-12-23(13-15-24)32-29(31)28-11-6-20-37-28;;/h3-15,20,33H,16-19H2,1-2H3,(H2,31,32);2*1H. The van der Waals surface area contributed by atoms with Gasteiger partial charge in [-0.3, -0.25) is 4.79 Å². The van der Waals surface area contributed by atoms with Gasteiger partial charge in [0.2, 0.25) is 0 Å². The smallest absolute Gasteiger partial charge is 0.256 e. The van der Waals surface area contributed by atoms with Crippen LogP contribution in [0.5, 0.6) is 0 Å². The SMILES string of the molecule is Cc1cccc(Nc2ccccc2C(=O)N2CCN(c3ccc(N=C(N)c4cccs4)cc3)CC2)c1C.Cl.Cl. The van der Waals surface area contributed by atoms with Gasteiger partial charge in [-0.25, -0.2) is 4.99 Å². The number of thiophene rings is 1. The molecule has 1 aliphatic heterocycles. The van der Waals surface area contributed by atoms with Crippen molar-refractivity contribution in [2.24, 2.45) is 10.7 Å². The van der Waals surface area contributed by atoms with Crippen LogP contribution in [0.25, 0.3) is 0 Å². The van der Waals surface area contributed by atoms with E-state index in [-0.39, 0.29) is 30.7 Å². The highest BCUT2D eigenvalue weighted by atomic mass is 35.5. The van der Waals surface area contributed by atoms with E-state index in [1.165, 1.54) is 11.1 Å². The molecular weight excluding hydrogens is 549 g/mol. The lowest BCUT2D eigenvalue weighted by molar-refractivity contribution is 0.0748. The fraction of sp³-hybridized carbons (Fsp3) is 0.200. The summed E-state index contributed by atoms with van der Waals surface area (Å²) in [7, 11) is 0. The molecule has 9 heteroatoms. The number of nitrogens with two attached hydrogens (primary N) is 1. The van der Waals surface area contributed by atoms with Gasteiger partial charge >= 0.3 is 0 Å². The molecule has 3 N–H and O–H groups in total. The zero-order chi connectivity index (χ0) is 25.8. The van der Waals surface area contributed by atoms with E-state index in [0.717, 1.165) is 40.7 Å². The molecule has 204 valence electrons. The second-order valence-corrected chi connectivity index (χ2v) is 10.1. The number of para-hydroxylation sites is 1. The Hall–Kier alpha value is -3.52. The highest BCUT2D eigenvalue weighted by Crippen LogP contribution is 2.27. The van der Waals surface area contributed by atoms with Gasteiger partial charge < -0.3 is 20.9 Å². The molecule has 1 aromatic heterocycles. The highest BCUT2D eigenvalue weighted by Gasteiger charge is 2.24. The molecular formula is C30H33Cl2N5OS. The summed E-state index contributed by atoms with van der Waals surface area (Å²) in [6.07, 6.45) is 0. The number of carbonyl (C=O) groups excluding carboxylic acids is 1. The van der Waals surface area contributed by atoms with Crippen LogP contribution in [-0.2, 0) is 0 Å². The van der Waals surface area contributed by atoms with Crippen LogP contribution >= 0.6 is 36.2 Å². The van der Waals surface area contributed by atoms with Crippen LogP contribution in [0.1, 0.15) is 26.4 Å². The Labute approximate surface area is 246 Å². The lowest BCUT2D eigenvalue weighted by Crippen LogP contribution is -2.48. The number of nitrogens with zero attached hydrogens (tertiary/aromatic N) is 3. The topological polar surface area (TPSA) is 74.0 Å². The maximum Gasteiger partial charge on any atom is 0.256 e. The van der Waals surface area contributed by atoms with Gasteiger partial charge in [0.25, 0.3) is 5.91 Å². The van der Waals surface area contributed by atoms with Gasteiger partial charge in [-0.05, 0) is 78.9 Å². The van der Waals surface area contributed by atoms with Crippen molar-refractivity contribution in [1.82, 2.24) is 4.90 Å². The van der Waals surface area contributed by atoms with Crippen LogP contribution in [0.2, 0.25) is 0 Å². The minimum absolute atomic E-state index is 0. The summed E-state index contributed by atoms with van der Waals surface area (Å²) in [4.78, 5) is 23.2. The Kier molecular flexibility index (Phi) is 10.4. The number of rotatable bonds is 6. The molecule has 6 nitrogen and oxygen atoms in total. The van der Waals surface area contributed by atoms with Crippen molar-refractivity contribution < 1.29 is 4.79 Å². The molecule has 1 fully saturated rings. The number of hydrogen-bond acceptors (Lipinski definition) is 5. The maximum atomic E-state index is 13.5. The molecule has 2 heterocycles. The van der Waals surface area contributed by atoms with Crippen molar-refractivity contribution in [3.63, 3.8) is 0 Å². The van der Waals surface area contributed by atoms with E-state index in [0.29, 0.717) is 24.5 Å². The highest BCUT2D eigenvalue weighted by molar-refractivity contribution is 7.12. The monoisotopic (exact) mass is 581 g/mol. The summed E-state index contributed by atoms with van der Waals surface area (Å²) in [6.45, 7) is 7.08. The zero-order valence-electron chi connectivity index (χ0n) is 22.0. The molecule has 4 aromatic rings. The van der Waals surface area contributed by atoms with Crippen molar-refractivity contribution in [1.29, 1.82) is 0 Å². The van der Waals surface area contributed by atoms with Crippen molar-refractivity contribution in [3.05, 3.63) is 106 Å². The van der Waals surface area contributed by atoms with Crippen LogP contribution in [-0.4, -0.2) is 42.8 Å². The quantitative estimate of drug-likeness (QED) is 0.191. The Morgan fingerprint density at radius 1 is 0.846 bits per heavy atom. The Morgan fingerprint density at radius 2 is 1.54 bits per heavy atom. The van der Waals surface area contributed by atoms with Gasteiger partial charge in [0, 0.05) is 37.6 Å². The van der Waals surface area contributed by atoms with Gasteiger partial charge in [0.15, 0.2) is 0 Å². The molecule has 5 rings (SSSR count). The fourth-order valence-electron chi connectivity index (χ4n) is 4.50. The summed E-state index contributed by atoms with van der Waals surface area (Å²) < 4.78 is 0. The van der Waals surface area contributed by atoms with E-state index in [1.807, 2.05) is 64.9 Å². The van der Waals surface area contributed by atoms with Gasteiger partial charge in [-0.2, -0.15) is 0 Å². The Morgan fingerprint density at radius 3 is 2.23 bits per heavy atom. The van der Waals surface area contributed by atoms with Crippen molar-refractivity contribution in [2.45, 2.75) is 13.8 Å². The van der Waals surface area contributed by atoms with Gasteiger partial charge in [-0.1, -0.05) is 30.3 Å². The number of halogens is 2. The summed E-state index contributed by atoms with van der Waals surface area (Å²) >= 11 is 1.58. The molecule has 39 heavy (non-hydrogen) atoms. The predicted octanol–water partition coefficient (Wildman–Crippen LogP) is 6.95. The number of anilines is 3. The van der Waals surface area contributed by atoms with Crippen molar-refractivity contribution in [3.8, 4) is 0 Å². The van der Waals surface area contributed by atoms with E-state index < -0.39 is 0 Å². The number of amides is 1. The lowest BCUT2D eigenvalue weighted by Gasteiger charge is -2.36. The number of piperazine rings is 1. The summed E-state index contributed by atoms with van der Waals surface area (Å²) in [5, 5.41) is 5.48. The number of aryl methyl sites for hydroxylation is 1. The molecule has 0 atom stereocenters. The lowest BCUT2D eigenvalue weighted by atomic mass is 10.1. The third-order valence-corrected chi connectivity index (χ3v) is 7.73. The number of carbonyl (C=O) groups is 1. The second-order valence-electron chi connectivity index (χ2n) is 9.19. The molecule has 1 amide bonds. The summed E-state index contributed by atoms with van der Waals surface area (Å²) in [5.74, 6) is 0.587. The number of aliphatic imine (C=N–C) groups is 1. The van der Waals surface area contributed by atoms with Gasteiger partial charge in [0.05, 0.1) is 21.8 Å². The number of amidine groups is 1. The van der Waals surface area contributed by atoms with E-state index >= 15 is 0 Å². The molecule has 3 aromatic carbocycles. The minimum atomic E-state index is 0. The molecule has 0 radical (unpaired) electrons. The second kappa shape index (κ2) is 13.5. The maximum absolute atomic E-state index is 13.5. The third kappa shape index (κ3) is 6.92. The first-order chi connectivity index (χ1) is 18.0. The largest absolute Gasteiger partial charge is 0.383 e. The molecule has 0 bridgehead atoms.